The third-order valence-corrected chi connectivity index (χ3v) is 4.38. The standard InChI is InChI=1S/C19H22N2O3/c1-2-24-19(23)17-9-5-6-10-21(17)18(22)12-14-11-15-7-3-4-8-16(15)20-13-14/h3-4,7-8,11,13,17H,2,5-6,9-10,12H2,1H3. The Morgan fingerprint density at radius 2 is 2.12 bits per heavy atom. The fraction of sp³-hybridized carbons (Fsp3) is 0.421. The van der Waals surface area contributed by atoms with Crippen molar-refractivity contribution in [2.24, 2.45) is 0 Å². The smallest absolute Gasteiger partial charge is 0.328 e. The molecule has 126 valence electrons. The summed E-state index contributed by atoms with van der Waals surface area (Å²) in [5.41, 5.74) is 1.78. The number of carbonyl (C=O) groups excluding carboxylic acids is 2. The molecule has 1 unspecified atom stereocenters. The maximum atomic E-state index is 12.7. The number of esters is 1. The zero-order chi connectivity index (χ0) is 16.9. The van der Waals surface area contributed by atoms with Gasteiger partial charge in [-0.15, -0.1) is 0 Å². The fourth-order valence-corrected chi connectivity index (χ4v) is 3.20. The van der Waals surface area contributed by atoms with Crippen LogP contribution in [0.15, 0.2) is 36.5 Å². The first-order valence-electron chi connectivity index (χ1n) is 8.49. The van der Waals surface area contributed by atoms with Gasteiger partial charge in [0.25, 0.3) is 0 Å². The number of pyridine rings is 1. The Bertz CT molecular complexity index is 744. The normalized spacial score (nSPS) is 17.7. The predicted molar refractivity (Wildman–Crippen MR) is 91.4 cm³/mol. The number of nitrogens with zero attached hydrogens (tertiary/aromatic N) is 2. The molecule has 3 rings (SSSR count). The Kier molecular flexibility index (Phi) is 5.08. The third kappa shape index (κ3) is 3.55. The molecule has 0 saturated carbocycles. The summed E-state index contributed by atoms with van der Waals surface area (Å²) in [5, 5.41) is 1.02. The summed E-state index contributed by atoms with van der Waals surface area (Å²) < 4.78 is 5.12. The lowest BCUT2D eigenvalue weighted by Gasteiger charge is -2.34. The Hall–Kier alpha value is -2.43. The molecule has 2 heterocycles. The highest BCUT2D eigenvalue weighted by Gasteiger charge is 2.32. The fourth-order valence-electron chi connectivity index (χ4n) is 3.20. The maximum absolute atomic E-state index is 12.7. The Morgan fingerprint density at radius 3 is 2.96 bits per heavy atom. The molecule has 5 heteroatoms. The minimum Gasteiger partial charge on any atom is -0.464 e. The molecule has 1 saturated heterocycles. The van der Waals surface area contributed by atoms with Gasteiger partial charge in [-0.1, -0.05) is 18.2 Å². The number of likely N-dealkylation sites (tertiary alicyclic amines) is 1. The lowest BCUT2D eigenvalue weighted by molar-refractivity contribution is -0.156. The number of ether oxygens (including phenoxy) is 1. The second-order valence-electron chi connectivity index (χ2n) is 6.06. The van der Waals surface area contributed by atoms with Gasteiger partial charge in [-0.25, -0.2) is 4.79 Å². The van der Waals surface area contributed by atoms with Gasteiger partial charge >= 0.3 is 5.97 Å². The Balaban J connectivity index is 1.74. The molecule has 1 aliphatic heterocycles. The number of rotatable bonds is 4. The summed E-state index contributed by atoms with van der Waals surface area (Å²) in [4.78, 5) is 30.9. The molecule has 1 atom stereocenters. The van der Waals surface area contributed by atoms with E-state index in [1.165, 1.54) is 0 Å². The third-order valence-electron chi connectivity index (χ3n) is 4.38. The number of amides is 1. The number of hydrogen-bond donors (Lipinski definition) is 0. The van der Waals surface area contributed by atoms with E-state index in [1.54, 1.807) is 18.0 Å². The first-order valence-corrected chi connectivity index (χ1v) is 8.49. The number of carbonyl (C=O) groups is 2. The van der Waals surface area contributed by atoms with Gasteiger partial charge in [-0.2, -0.15) is 0 Å². The molecule has 1 aromatic heterocycles. The largest absolute Gasteiger partial charge is 0.464 e. The van der Waals surface area contributed by atoms with Crippen LogP contribution >= 0.6 is 0 Å². The molecule has 0 aliphatic carbocycles. The molecular formula is C19H22N2O3. The highest BCUT2D eigenvalue weighted by molar-refractivity contribution is 5.87. The molecular weight excluding hydrogens is 304 g/mol. The van der Waals surface area contributed by atoms with Crippen LogP contribution in [-0.4, -0.2) is 41.0 Å². The van der Waals surface area contributed by atoms with Gasteiger partial charge in [0.2, 0.25) is 5.91 Å². The van der Waals surface area contributed by atoms with E-state index in [-0.39, 0.29) is 18.3 Å². The van der Waals surface area contributed by atoms with Crippen LogP contribution in [0.1, 0.15) is 31.7 Å². The van der Waals surface area contributed by atoms with E-state index in [4.69, 9.17) is 4.74 Å². The molecule has 24 heavy (non-hydrogen) atoms. The monoisotopic (exact) mass is 326 g/mol. The molecule has 0 spiro atoms. The predicted octanol–water partition coefficient (Wildman–Crippen LogP) is 2.72. The Morgan fingerprint density at radius 1 is 1.29 bits per heavy atom. The van der Waals surface area contributed by atoms with E-state index in [9.17, 15) is 9.59 Å². The van der Waals surface area contributed by atoms with Crippen molar-refractivity contribution in [1.82, 2.24) is 9.88 Å². The van der Waals surface area contributed by atoms with Gasteiger partial charge in [-0.05, 0) is 43.9 Å². The van der Waals surface area contributed by atoms with Crippen LogP contribution in [0.3, 0.4) is 0 Å². The SMILES string of the molecule is CCOC(=O)C1CCCCN1C(=O)Cc1cnc2ccccc2c1. The topological polar surface area (TPSA) is 59.5 Å². The van der Waals surface area contributed by atoms with Crippen molar-refractivity contribution >= 4 is 22.8 Å². The van der Waals surface area contributed by atoms with Crippen LogP contribution in [0.5, 0.6) is 0 Å². The number of hydrogen-bond acceptors (Lipinski definition) is 4. The molecule has 0 radical (unpaired) electrons. The molecule has 1 fully saturated rings. The van der Waals surface area contributed by atoms with Gasteiger partial charge in [-0.3, -0.25) is 9.78 Å². The average molecular weight is 326 g/mol. The van der Waals surface area contributed by atoms with Crippen LogP contribution in [-0.2, 0) is 20.7 Å². The summed E-state index contributed by atoms with van der Waals surface area (Å²) >= 11 is 0. The van der Waals surface area contributed by atoms with Crippen molar-refractivity contribution in [2.45, 2.75) is 38.6 Å². The van der Waals surface area contributed by atoms with Crippen molar-refractivity contribution in [3.63, 3.8) is 0 Å². The summed E-state index contributed by atoms with van der Waals surface area (Å²) in [5.74, 6) is -0.327. The average Bonchev–Trinajstić information content (AvgIpc) is 2.62. The van der Waals surface area contributed by atoms with Crippen molar-refractivity contribution in [1.29, 1.82) is 0 Å². The number of piperidine rings is 1. The summed E-state index contributed by atoms with van der Waals surface area (Å²) in [7, 11) is 0. The molecule has 0 N–H and O–H groups in total. The second kappa shape index (κ2) is 7.43. The first kappa shape index (κ1) is 16.4. The van der Waals surface area contributed by atoms with Crippen molar-refractivity contribution in [3.05, 3.63) is 42.1 Å². The highest BCUT2D eigenvalue weighted by atomic mass is 16.5. The van der Waals surface area contributed by atoms with E-state index in [0.29, 0.717) is 19.6 Å². The molecule has 1 aromatic carbocycles. The van der Waals surface area contributed by atoms with E-state index >= 15 is 0 Å². The van der Waals surface area contributed by atoms with E-state index in [0.717, 1.165) is 29.3 Å². The highest BCUT2D eigenvalue weighted by Crippen LogP contribution is 2.20. The van der Waals surface area contributed by atoms with Crippen molar-refractivity contribution < 1.29 is 14.3 Å². The van der Waals surface area contributed by atoms with Gasteiger partial charge in [0.05, 0.1) is 18.5 Å². The van der Waals surface area contributed by atoms with Crippen LogP contribution in [0.4, 0.5) is 0 Å². The van der Waals surface area contributed by atoms with Gasteiger partial charge in [0.15, 0.2) is 0 Å². The van der Waals surface area contributed by atoms with Crippen LogP contribution in [0, 0.1) is 0 Å². The lowest BCUT2D eigenvalue weighted by atomic mass is 10.0. The molecule has 2 aromatic rings. The zero-order valence-corrected chi connectivity index (χ0v) is 13.9. The minimum absolute atomic E-state index is 0.0372. The van der Waals surface area contributed by atoms with E-state index < -0.39 is 6.04 Å². The van der Waals surface area contributed by atoms with Gasteiger partial charge < -0.3 is 9.64 Å². The molecule has 5 nitrogen and oxygen atoms in total. The summed E-state index contributed by atoms with van der Waals surface area (Å²) in [6.45, 7) is 2.74. The molecule has 1 amide bonds. The van der Waals surface area contributed by atoms with E-state index in [2.05, 4.69) is 4.98 Å². The number of fused-ring (bicyclic) bond motifs is 1. The van der Waals surface area contributed by atoms with Crippen LogP contribution in [0.2, 0.25) is 0 Å². The maximum Gasteiger partial charge on any atom is 0.328 e. The van der Waals surface area contributed by atoms with Crippen molar-refractivity contribution in [3.8, 4) is 0 Å². The Labute approximate surface area is 141 Å². The van der Waals surface area contributed by atoms with Gasteiger partial charge in [0, 0.05) is 18.1 Å². The number of para-hydroxylation sites is 1. The van der Waals surface area contributed by atoms with E-state index in [1.807, 2.05) is 30.3 Å². The van der Waals surface area contributed by atoms with Crippen LogP contribution < -0.4 is 0 Å². The minimum atomic E-state index is -0.445. The number of benzene rings is 1. The number of aromatic nitrogens is 1. The molecule has 0 bridgehead atoms. The van der Waals surface area contributed by atoms with Crippen LogP contribution in [0.25, 0.3) is 10.9 Å². The molecule has 1 aliphatic rings. The van der Waals surface area contributed by atoms with Gasteiger partial charge in [0.1, 0.15) is 6.04 Å². The summed E-state index contributed by atoms with van der Waals surface area (Å²) in [6.07, 6.45) is 4.56. The first-order chi connectivity index (χ1) is 11.7. The van der Waals surface area contributed by atoms with Crippen molar-refractivity contribution in [2.75, 3.05) is 13.2 Å². The quantitative estimate of drug-likeness (QED) is 0.811. The zero-order valence-electron chi connectivity index (χ0n) is 13.9. The lowest BCUT2D eigenvalue weighted by Crippen LogP contribution is -2.49. The summed E-state index contributed by atoms with van der Waals surface area (Å²) in [6, 6.07) is 9.37. The second-order valence-corrected chi connectivity index (χ2v) is 6.06.